The van der Waals surface area contributed by atoms with Crippen LogP contribution in [-0.4, -0.2) is 6.29 Å². The van der Waals surface area contributed by atoms with Crippen LogP contribution in [0.1, 0.15) is 27.7 Å². The van der Waals surface area contributed by atoms with Crippen LogP contribution in [0, 0.1) is 0 Å². The summed E-state index contributed by atoms with van der Waals surface area (Å²) >= 11 is 1.03. The molecule has 0 amide bonds. The molecule has 21 heavy (non-hydrogen) atoms. The maximum absolute atomic E-state index is 13.4. The molecule has 0 aliphatic rings. The van der Waals surface area contributed by atoms with E-state index in [0.29, 0.717) is 29.7 Å². The summed E-state index contributed by atoms with van der Waals surface area (Å²) in [5, 5.41) is 1.46. The number of hydrogen-bond acceptors (Lipinski definition) is 2. The van der Waals surface area contributed by atoms with E-state index >= 15 is 0 Å². The lowest BCUT2D eigenvalue weighted by molar-refractivity contribution is -0.137. The minimum absolute atomic E-state index is 0.00528. The Hall–Kier alpha value is -1.76. The van der Waals surface area contributed by atoms with Crippen molar-refractivity contribution in [2.24, 2.45) is 0 Å². The second-order valence-electron chi connectivity index (χ2n) is 4.54. The van der Waals surface area contributed by atoms with E-state index in [1.54, 1.807) is 0 Å². The third kappa shape index (κ3) is 3.47. The van der Waals surface area contributed by atoms with E-state index in [1.165, 1.54) is 11.4 Å². The smallest absolute Gasteiger partial charge is 0.297 e. The van der Waals surface area contributed by atoms with E-state index in [0.717, 1.165) is 23.5 Å². The van der Waals surface area contributed by atoms with E-state index in [2.05, 4.69) is 0 Å². The Morgan fingerprint density at radius 2 is 1.57 bits per heavy atom. The molecule has 0 aliphatic carbocycles. The zero-order valence-corrected chi connectivity index (χ0v) is 11.5. The molecule has 0 saturated carbocycles. The molecule has 0 bridgehead atoms. The average Bonchev–Trinajstić information content (AvgIpc) is 2.85. The first kappa shape index (κ1) is 15.6. The number of halogens is 5. The molecule has 2 rings (SSSR count). The molecule has 0 radical (unpaired) electrons. The van der Waals surface area contributed by atoms with Crippen LogP contribution in [0.3, 0.4) is 0 Å². The summed E-state index contributed by atoms with van der Waals surface area (Å²) in [5.74, 6) is -3.39. The summed E-state index contributed by atoms with van der Waals surface area (Å²) in [4.78, 5) is 10.9. The second-order valence-corrected chi connectivity index (χ2v) is 5.48. The molecule has 0 aliphatic heterocycles. The molecule has 1 heterocycles. The summed E-state index contributed by atoms with van der Waals surface area (Å²) in [6, 6.07) is 3.61. The molecule has 0 atom stereocenters. The summed E-state index contributed by atoms with van der Waals surface area (Å²) < 4.78 is 65.2. The normalized spacial score (nSPS) is 12.5. The Morgan fingerprint density at radius 3 is 2.05 bits per heavy atom. The minimum atomic E-state index is -4.72. The van der Waals surface area contributed by atoms with Gasteiger partial charge in [0.2, 0.25) is 0 Å². The number of aldehydes is 1. The van der Waals surface area contributed by atoms with Crippen LogP contribution in [-0.2, 0) is 12.1 Å². The first-order chi connectivity index (χ1) is 9.61. The van der Waals surface area contributed by atoms with E-state index < -0.39 is 23.2 Å². The van der Waals surface area contributed by atoms with Gasteiger partial charge in [0.15, 0.2) is 6.29 Å². The lowest BCUT2D eigenvalue weighted by Crippen LogP contribution is -2.11. The number of rotatable bonds is 3. The molecule has 0 saturated heterocycles. The Labute approximate surface area is 121 Å². The van der Waals surface area contributed by atoms with Crippen LogP contribution in [0.4, 0.5) is 22.0 Å². The van der Waals surface area contributed by atoms with E-state index in [1.807, 2.05) is 0 Å². The highest BCUT2D eigenvalue weighted by molar-refractivity contribution is 7.12. The standard InChI is InChI=1S/C14H9F5OS/c1-13(15,16)10-2-8(3-11(5-10)14(17,18)19)9-4-12(6-20)21-7-9/h2-7H,1H3. The van der Waals surface area contributed by atoms with Gasteiger partial charge in [-0.3, -0.25) is 4.79 Å². The van der Waals surface area contributed by atoms with Crippen molar-refractivity contribution in [3.63, 3.8) is 0 Å². The number of hydrogen-bond donors (Lipinski definition) is 0. The number of benzene rings is 1. The molecule has 1 aromatic carbocycles. The predicted octanol–water partition coefficient (Wildman–Crippen LogP) is 5.36. The highest BCUT2D eigenvalue weighted by atomic mass is 32.1. The molecule has 0 unspecified atom stereocenters. The molecule has 112 valence electrons. The largest absolute Gasteiger partial charge is 0.416 e. The highest BCUT2D eigenvalue weighted by Crippen LogP contribution is 2.38. The van der Waals surface area contributed by atoms with Crippen LogP contribution in [0.25, 0.3) is 11.1 Å². The van der Waals surface area contributed by atoms with Crippen molar-refractivity contribution in [3.05, 3.63) is 45.6 Å². The van der Waals surface area contributed by atoms with Gasteiger partial charge in [-0.15, -0.1) is 11.3 Å². The lowest BCUT2D eigenvalue weighted by Gasteiger charge is -2.16. The average molecular weight is 320 g/mol. The monoisotopic (exact) mass is 320 g/mol. The van der Waals surface area contributed by atoms with E-state index in [4.69, 9.17) is 0 Å². The van der Waals surface area contributed by atoms with Crippen LogP contribution in [0.2, 0.25) is 0 Å². The molecule has 2 aromatic rings. The molecule has 0 spiro atoms. The van der Waals surface area contributed by atoms with Crippen LogP contribution in [0.15, 0.2) is 29.6 Å². The van der Waals surface area contributed by atoms with Crippen molar-refractivity contribution in [2.45, 2.75) is 19.0 Å². The van der Waals surface area contributed by atoms with Crippen molar-refractivity contribution in [1.82, 2.24) is 0 Å². The Bertz CT molecular complexity index is 634. The Morgan fingerprint density at radius 1 is 0.952 bits per heavy atom. The molecule has 1 aromatic heterocycles. The second kappa shape index (κ2) is 5.22. The predicted molar refractivity (Wildman–Crippen MR) is 69.7 cm³/mol. The fraction of sp³-hybridized carbons (Fsp3) is 0.214. The zero-order chi connectivity index (χ0) is 15.8. The maximum atomic E-state index is 13.4. The van der Waals surface area contributed by atoms with Gasteiger partial charge in [0.25, 0.3) is 5.92 Å². The van der Waals surface area contributed by atoms with Crippen molar-refractivity contribution >= 4 is 17.6 Å². The number of alkyl halides is 5. The lowest BCUT2D eigenvalue weighted by atomic mass is 9.98. The van der Waals surface area contributed by atoms with Gasteiger partial charge in [-0.25, -0.2) is 8.78 Å². The van der Waals surface area contributed by atoms with Crippen molar-refractivity contribution < 1.29 is 26.7 Å². The molecule has 0 N–H and O–H groups in total. The summed E-state index contributed by atoms with van der Waals surface area (Å²) in [7, 11) is 0. The van der Waals surface area contributed by atoms with Gasteiger partial charge in [0.05, 0.1) is 10.4 Å². The third-order valence-corrected chi connectivity index (χ3v) is 3.69. The molecule has 0 fully saturated rings. The van der Waals surface area contributed by atoms with Gasteiger partial charge in [-0.2, -0.15) is 13.2 Å². The minimum Gasteiger partial charge on any atom is -0.297 e. The molecule has 7 heteroatoms. The fourth-order valence-electron chi connectivity index (χ4n) is 1.78. The fourth-order valence-corrected chi connectivity index (χ4v) is 2.50. The van der Waals surface area contributed by atoms with Crippen LogP contribution >= 0.6 is 11.3 Å². The van der Waals surface area contributed by atoms with Gasteiger partial charge in [-0.05, 0) is 40.8 Å². The first-order valence-electron chi connectivity index (χ1n) is 5.76. The summed E-state index contributed by atoms with van der Waals surface area (Å²) in [6.45, 7) is 0.538. The summed E-state index contributed by atoms with van der Waals surface area (Å²) in [6.07, 6.45) is -4.17. The van der Waals surface area contributed by atoms with Crippen LogP contribution in [0.5, 0.6) is 0 Å². The quantitative estimate of drug-likeness (QED) is 0.550. The highest BCUT2D eigenvalue weighted by Gasteiger charge is 2.34. The van der Waals surface area contributed by atoms with Crippen molar-refractivity contribution in [3.8, 4) is 11.1 Å². The Kier molecular flexibility index (Phi) is 3.88. The number of carbonyl (C=O) groups excluding carboxylic acids is 1. The molecule has 1 nitrogen and oxygen atoms in total. The molecular weight excluding hydrogens is 311 g/mol. The topological polar surface area (TPSA) is 17.1 Å². The van der Waals surface area contributed by atoms with Gasteiger partial charge in [0, 0.05) is 12.5 Å². The van der Waals surface area contributed by atoms with Gasteiger partial charge < -0.3 is 0 Å². The molecular formula is C14H9F5OS. The van der Waals surface area contributed by atoms with Gasteiger partial charge >= 0.3 is 6.18 Å². The summed E-state index contributed by atoms with van der Waals surface area (Å²) in [5.41, 5.74) is -1.55. The van der Waals surface area contributed by atoms with Crippen molar-refractivity contribution in [1.29, 1.82) is 0 Å². The van der Waals surface area contributed by atoms with Gasteiger partial charge in [-0.1, -0.05) is 0 Å². The zero-order valence-electron chi connectivity index (χ0n) is 10.7. The van der Waals surface area contributed by atoms with Gasteiger partial charge in [0.1, 0.15) is 0 Å². The van der Waals surface area contributed by atoms with E-state index in [-0.39, 0.29) is 5.56 Å². The first-order valence-corrected chi connectivity index (χ1v) is 6.64. The van der Waals surface area contributed by atoms with Crippen LogP contribution < -0.4 is 0 Å². The van der Waals surface area contributed by atoms with Crippen molar-refractivity contribution in [2.75, 3.05) is 0 Å². The van der Waals surface area contributed by atoms with E-state index in [9.17, 15) is 26.7 Å². The SMILES string of the molecule is CC(F)(F)c1cc(-c2csc(C=O)c2)cc(C(F)(F)F)c1. The third-order valence-electron chi connectivity index (χ3n) is 2.84. The maximum Gasteiger partial charge on any atom is 0.416 e. The number of carbonyl (C=O) groups is 1. The Balaban J connectivity index is 2.62. The number of thiophene rings is 1.